The summed E-state index contributed by atoms with van der Waals surface area (Å²) in [6, 6.07) is 7.23. The van der Waals surface area contributed by atoms with Gasteiger partial charge in [-0.15, -0.1) is 0 Å². The van der Waals surface area contributed by atoms with Gasteiger partial charge in [0.25, 0.3) is 0 Å². The summed E-state index contributed by atoms with van der Waals surface area (Å²) in [6.45, 7) is 1.92. The number of halogens is 2. The van der Waals surface area contributed by atoms with Crippen molar-refractivity contribution in [3.8, 4) is 0 Å². The Morgan fingerprint density at radius 2 is 2.12 bits per heavy atom. The summed E-state index contributed by atoms with van der Waals surface area (Å²) in [4.78, 5) is 8.25. The number of anilines is 3. The Hall–Kier alpha value is -1.33. The standard InChI is InChI=1S/C11H10BrClN4/c1-6-7(13)3-2-4-8(6)15-11-16-9(12)5-10(14)17-11/h2-5H,1H3,(H3,14,15,16,17). The number of nitrogens with one attached hydrogen (secondary N) is 1. The predicted octanol–water partition coefficient (Wildman–Crippen LogP) is 3.53. The van der Waals surface area contributed by atoms with Gasteiger partial charge in [0, 0.05) is 16.8 Å². The SMILES string of the molecule is Cc1c(Cl)cccc1Nc1nc(N)cc(Br)n1. The summed E-state index contributed by atoms with van der Waals surface area (Å²) in [7, 11) is 0. The van der Waals surface area contributed by atoms with Crippen molar-refractivity contribution in [3.05, 3.63) is 39.5 Å². The van der Waals surface area contributed by atoms with Gasteiger partial charge in [0.1, 0.15) is 10.4 Å². The van der Waals surface area contributed by atoms with Crippen LogP contribution >= 0.6 is 27.5 Å². The third-order valence-corrected chi connectivity index (χ3v) is 3.04. The molecule has 0 fully saturated rings. The molecule has 0 atom stereocenters. The highest BCUT2D eigenvalue weighted by molar-refractivity contribution is 9.10. The quantitative estimate of drug-likeness (QED) is 0.833. The number of nitrogens with zero attached hydrogens (tertiary/aromatic N) is 2. The number of hydrogen-bond donors (Lipinski definition) is 2. The summed E-state index contributed by atoms with van der Waals surface area (Å²) in [6.07, 6.45) is 0. The van der Waals surface area contributed by atoms with Gasteiger partial charge in [0.2, 0.25) is 5.95 Å². The zero-order valence-corrected chi connectivity index (χ0v) is 11.4. The highest BCUT2D eigenvalue weighted by atomic mass is 79.9. The van der Waals surface area contributed by atoms with Crippen LogP contribution in [0.2, 0.25) is 5.02 Å². The molecule has 6 heteroatoms. The second-order valence-electron chi connectivity index (χ2n) is 3.48. The molecule has 0 saturated carbocycles. The molecule has 2 aromatic rings. The largest absolute Gasteiger partial charge is 0.383 e. The van der Waals surface area contributed by atoms with Crippen molar-refractivity contribution in [2.24, 2.45) is 0 Å². The van der Waals surface area contributed by atoms with E-state index in [1.807, 2.05) is 25.1 Å². The van der Waals surface area contributed by atoms with Crippen molar-refractivity contribution in [1.29, 1.82) is 0 Å². The van der Waals surface area contributed by atoms with E-state index in [1.54, 1.807) is 6.07 Å². The molecule has 0 bridgehead atoms. The van der Waals surface area contributed by atoms with E-state index in [9.17, 15) is 0 Å². The zero-order chi connectivity index (χ0) is 12.4. The first kappa shape index (κ1) is 12.1. The molecule has 88 valence electrons. The van der Waals surface area contributed by atoms with Crippen LogP contribution in [0.5, 0.6) is 0 Å². The highest BCUT2D eigenvalue weighted by Gasteiger charge is 2.05. The van der Waals surface area contributed by atoms with Gasteiger partial charge in [-0.25, -0.2) is 4.98 Å². The minimum absolute atomic E-state index is 0.397. The van der Waals surface area contributed by atoms with E-state index in [0.717, 1.165) is 11.3 Å². The lowest BCUT2D eigenvalue weighted by Gasteiger charge is -2.09. The lowest BCUT2D eigenvalue weighted by atomic mass is 10.2. The van der Waals surface area contributed by atoms with Crippen molar-refractivity contribution < 1.29 is 0 Å². The molecular formula is C11H10BrClN4. The summed E-state index contributed by atoms with van der Waals surface area (Å²) in [5.74, 6) is 0.830. The molecule has 2 rings (SSSR count). The minimum Gasteiger partial charge on any atom is -0.383 e. The van der Waals surface area contributed by atoms with E-state index in [2.05, 4.69) is 31.2 Å². The second-order valence-corrected chi connectivity index (χ2v) is 4.70. The maximum Gasteiger partial charge on any atom is 0.230 e. The van der Waals surface area contributed by atoms with E-state index in [-0.39, 0.29) is 0 Å². The molecule has 1 aromatic carbocycles. The molecule has 0 saturated heterocycles. The molecule has 0 spiro atoms. The lowest BCUT2D eigenvalue weighted by Crippen LogP contribution is -2.01. The summed E-state index contributed by atoms with van der Waals surface area (Å²) in [5, 5.41) is 3.77. The Balaban J connectivity index is 2.34. The maximum atomic E-state index is 6.03. The van der Waals surface area contributed by atoms with Crippen molar-refractivity contribution in [1.82, 2.24) is 9.97 Å². The van der Waals surface area contributed by atoms with E-state index < -0.39 is 0 Å². The van der Waals surface area contributed by atoms with Gasteiger partial charge >= 0.3 is 0 Å². The molecule has 0 aliphatic heterocycles. The normalized spacial score (nSPS) is 10.3. The molecule has 17 heavy (non-hydrogen) atoms. The molecule has 0 aliphatic rings. The summed E-state index contributed by atoms with van der Waals surface area (Å²) < 4.78 is 0.632. The van der Waals surface area contributed by atoms with Crippen LogP contribution in [0.25, 0.3) is 0 Å². The van der Waals surface area contributed by atoms with Gasteiger partial charge in [0.15, 0.2) is 0 Å². The van der Waals surface area contributed by atoms with Gasteiger partial charge < -0.3 is 11.1 Å². The fourth-order valence-electron chi connectivity index (χ4n) is 1.35. The highest BCUT2D eigenvalue weighted by Crippen LogP contribution is 2.25. The van der Waals surface area contributed by atoms with Crippen LogP contribution in [0.4, 0.5) is 17.5 Å². The molecule has 1 aromatic heterocycles. The van der Waals surface area contributed by atoms with Gasteiger partial charge in [-0.1, -0.05) is 17.7 Å². The molecule has 0 unspecified atom stereocenters. The van der Waals surface area contributed by atoms with Crippen LogP contribution in [-0.2, 0) is 0 Å². The van der Waals surface area contributed by atoms with Gasteiger partial charge in [-0.2, -0.15) is 4.98 Å². The van der Waals surface area contributed by atoms with Crippen LogP contribution < -0.4 is 11.1 Å². The van der Waals surface area contributed by atoms with E-state index in [1.165, 1.54) is 0 Å². The van der Waals surface area contributed by atoms with Gasteiger partial charge in [-0.3, -0.25) is 0 Å². The first-order valence-corrected chi connectivity index (χ1v) is 6.05. The third kappa shape index (κ3) is 2.87. The lowest BCUT2D eigenvalue weighted by molar-refractivity contribution is 1.14. The number of rotatable bonds is 2. The summed E-state index contributed by atoms with van der Waals surface area (Å²) >= 11 is 9.29. The van der Waals surface area contributed by atoms with Crippen molar-refractivity contribution in [2.75, 3.05) is 11.1 Å². The number of nitrogens with two attached hydrogens (primary N) is 1. The number of nitrogen functional groups attached to an aromatic ring is 1. The van der Waals surface area contributed by atoms with Gasteiger partial charge in [-0.05, 0) is 40.5 Å². The predicted molar refractivity (Wildman–Crippen MR) is 73.6 cm³/mol. The van der Waals surface area contributed by atoms with Gasteiger partial charge in [0.05, 0.1) is 0 Å². The smallest absolute Gasteiger partial charge is 0.230 e. The number of hydrogen-bond acceptors (Lipinski definition) is 4. The van der Waals surface area contributed by atoms with E-state index in [0.29, 0.717) is 21.4 Å². The van der Waals surface area contributed by atoms with Crippen LogP contribution in [0, 0.1) is 6.92 Å². The molecule has 0 aliphatic carbocycles. The fraction of sp³-hybridized carbons (Fsp3) is 0.0909. The average molecular weight is 314 g/mol. The molecular weight excluding hydrogens is 304 g/mol. The summed E-state index contributed by atoms with van der Waals surface area (Å²) in [5.41, 5.74) is 7.43. The van der Waals surface area contributed by atoms with Crippen LogP contribution in [-0.4, -0.2) is 9.97 Å². The first-order valence-electron chi connectivity index (χ1n) is 4.88. The molecule has 1 heterocycles. The fourth-order valence-corrected chi connectivity index (χ4v) is 1.93. The third-order valence-electron chi connectivity index (χ3n) is 2.23. The van der Waals surface area contributed by atoms with Crippen molar-refractivity contribution >= 4 is 45.0 Å². The number of benzene rings is 1. The monoisotopic (exact) mass is 312 g/mol. The van der Waals surface area contributed by atoms with E-state index >= 15 is 0 Å². The average Bonchev–Trinajstić information content (AvgIpc) is 2.23. The molecule has 0 amide bonds. The zero-order valence-electron chi connectivity index (χ0n) is 9.04. The minimum atomic E-state index is 0.397. The first-order chi connectivity index (χ1) is 8.06. The van der Waals surface area contributed by atoms with Crippen LogP contribution in [0.1, 0.15) is 5.56 Å². The Morgan fingerprint density at radius 3 is 2.82 bits per heavy atom. The molecule has 4 nitrogen and oxygen atoms in total. The Morgan fingerprint density at radius 1 is 1.35 bits per heavy atom. The van der Waals surface area contributed by atoms with Crippen LogP contribution in [0.15, 0.2) is 28.9 Å². The topological polar surface area (TPSA) is 63.8 Å². The molecule has 3 N–H and O–H groups in total. The second kappa shape index (κ2) is 4.89. The molecule has 0 radical (unpaired) electrons. The maximum absolute atomic E-state index is 6.03. The Labute approximate surface area is 112 Å². The van der Waals surface area contributed by atoms with Crippen molar-refractivity contribution in [3.63, 3.8) is 0 Å². The van der Waals surface area contributed by atoms with Crippen LogP contribution in [0.3, 0.4) is 0 Å². The number of aromatic nitrogens is 2. The Bertz CT molecular complexity index is 539. The van der Waals surface area contributed by atoms with E-state index in [4.69, 9.17) is 17.3 Å². The van der Waals surface area contributed by atoms with Crippen molar-refractivity contribution in [2.45, 2.75) is 6.92 Å². The Kier molecular flexibility index (Phi) is 3.49.